The number of rotatable bonds is 1. The SMILES string of the molecule is Cc1cc(C(F)(F)F)nc([C@H]2CCCN2)n1. The number of alkyl halides is 3. The molecule has 2 rings (SSSR count). The maximum absolute atomic E-state index is 12.5. The van der Waals surface area contributed by atoms with Gasteiger partial charge < -0.3 is 5.32 Å². The second-order valence-electron chi connectivity index (χ2n) is 3.90. The van der Waals surface area contributed by atoms with Crippen LogP contribution in [0.25, 0.3) is 0 Å². The highest BCUT2D eigenvalue weighted by Crippen LogP contribution is 2.29. The Morgan fingerprint density at radius 1 is 1.38 bits per heavy atom. The number of nitrogens with one attached hydrogen (secondary N) is 1. The van der Waals surface area contributed by atoms with Crippen molar-refractivity contribution in [2.24, 2.45) is 0 Å². The Labute approximate surface area is 91.1 Å². The Kier molecular flexibility index (Phi) is 2.84. The first-order valence-corrected chi connectivity index (χ1v) is 5.13. The predicted molar refractivity (Wildman–Crippen MR) is 51.7 cm³/mol. The molecule has 1 saturated heterocycles. The summed E-state index contributed by atoms with van der Waals surface area (Å²) in [6, 6.07) is 0.833. The van der Waals surface area contributed by atoms with Gasteiger partial charge in [-0.25, -0.2) is 9.97 Å². The van der Waals surface area contributed by atoms with Crippen LogP contribution in [0.5, 0.6) is 0 Å². The molecule has 6 heteroatoms. The maximum atomic E-state index is 12.5. The molecule has 1 N–H and O–H groups in total. The van der Waals surface area contributed by atoms with Crippen molar-refractivity contribution in [2.75, 3.05) is 6.54 Å². The monoisotopic (exact) mass is 231 g/mol. The van der Waals surface area contributed by atoms with Gasteiger partial charge in [0, 0.05) is 5.69 Å². The van der Waals surface area contributed by atoms with Crippen molar-refractivity contribution in [3.8, 4) is 0 Å². The molecule has 1 aliphatic rings. The van der Waals surface area contributed by atoms with E-state index in [1.54, 1.807) is 6.92 Å². The summed E-state index contributed by atoms with van der Waals surface area (Å²) in [5.74, 6) is 0.254. The standard InChI is InChI=1S/C10H12F3N3/c1-6-5-8(10(11,12)13)16-9(15-6)7-3-2-4-14-7/h5,7,14H,2-4H2,1H3/t7-/m1/s1. The van der Waals surface area contributed by atoms with E-state index < -0.39 is 11.9 Å². The minimum Gasteiger partial charge on any atom is -0.307 e. The molecule has 2 heterocycles. The minimum atomic E-state index is -4.40. The molecule has 1 aromatic heterocycles. The number of halogens is 3. The van der Waals surface area contributed by atoms with Gasteiger partial charge in [0.15, 0.2) is 0 Å². The van der Waals surface area contributed by atoms with Gasteiger partial charge in [0.1, 0.15) is 11.5 Å². The molecule has 0 aromatic carbocycles. The Morgan fingerprint density at radius 3 is 2.69 bits per heavy atom. The van der Waals surface area contributed by atoms with E-state index in [1.165, 1.54) is 0 Å². The van der Waals surface area contributed by atoms with Crippen LogP contribution < -0.4 is 5.32 Å². The average Bonchev–Trinajstić information content (AvgIpc) is 2.68. The molecule has 1 fully saturated rings. The largest absolute Gasteiger partial charge is 0.433 e. The third kappa shape index (κ3) is 2.32. The Balaban J connectivity index is 2.35. The summed E-state index contributed by atoms with van der Waals surface area (Å²) in [5, 5.41) is 3.09. The number of hydrogen-bond acceptors (Lipinski definition) is 3. The van der Waals surface area contributed by atoms with Crippen LogP contribution >= 0.6 is 0 Å². The number of aromatic nitrogens is 2. The molecule has 1 aliphatic heterocycles. The smallest absolute Gasteiger partial charge is 0.307 e. The average molecular weight is 231 g/mol. The number of nitrogens with zero attached hydrogens (tertiary/aromatic N) is 2. The molecular formula is C10H12F3N3. The first kappa shape index (κ1) is 11.3. The van der Waals surface area contributed by atoms with Crippen LogP contribution in [-0.2, 0) is 6.18 Å². The van der Waals surface area contributed by atoms with Crippen molar-refractivity contribution in [2.45, 2.75) is 32.0 Å². The highest BCUT2D eigenvalue weighted by Gasteiger charge is 2.34. The molecule has 0 spiro atoms. The van der Waals surface area contributed by atoms with Crippen molar-refractivity contribution in [1.82, 2.24) is 15.3 Å². The Bertz CT molecular complexity index is 383. The number of hydrogen-bond donors (Lipinski definition) is 1. The van der Waals surface area contributed by atoms with Gasteiger partial charge in [0.25, 0.3) is 0 Å². The second kappa shape index (κ2) is 4.01. The van der Waals surface area contributed by atoms with Crippen molar-refractivity contribution in [3.63, 3.8) is 0 Å². The highest BCUT2D eigenvalue weighted by molar-refractivity contribution is 5.15. The Morgan fingerprint density at radius 2 is 2.12 bits per heavy atom. The van der Waals surface area contributed by atoms with Gasteiger partial charge in [-0.3, -0.25) is 0 Å². The zero-order valence-electron chi connectivity index (χ0n) is 8.80. The van der Waals surface area contributed by atoms with E-state index in [9.17, 15) is 13.2 Å². The molecule has 3 nitrogen and oxygen atoms in total. The van der Waals surface area contributed by atoms with Crippen molar-refractivity contribution in [3.05, 3.63) is 23.3 Å². The lowest BCUT2D eigenvalue weighted by Gasteiger charge is -2.12. The van der Waals surface area contributed by atoms with Crippen LogP contribution in [0.3, 0.4) is 0 Å². The van der Waals surface area contributed by atoms with Crippen LogP contribution in [0.1, 0.15) is 36.1 Å². The molecule has 0 unspecified atom stereocenters. The zero-order chi connectivity index (χ0) is 11.8. The topological polar surface area (TPSA) is 37.8 Å². The van der Waals surface area contributed by atoms with Crippen molar-refractivity contribution >= 4 is 0 Å². The van der Waals surface area contributed by atoms with E-state index in [2.05, 4.69) is 15.3 Å². The molecule has 16 heavy (non-hydrogen) atoms. The third-order valence-corrected chi connectivity index (χ3v) is 2.53. The molecule has 0 radical (unpaired) electrons. The van der Waals surface area contributed by atoms with Crippen LogP contribution in [0.2, 0.25) is 0 Å². The molecular weight excluding hydrogens is 219 g/mol. The van der Waals surface area contributed by atoms with Crippen LogP contribution in [0.15, 0.2) is 6.07 Å². The van der Waals surface area contributed by atoms with Crippen molar-refractivity contribution < 1.29 is 13.2 Å². The molecule has 1 aromatic rings. The van der Waals surface area contributed by atoms with Crippen molar-refractivity contribution in [1.29, 1.82) is 0 Å². The first-order valence-electron chi connectivity index (χ1n) is 5.13. The second-order valence-corrected chi connectivity index (χ2v) is 3.90. The summed E-state index contributed by atoms with van der Waals surface area (Å²) in [7, 11) is 0. The van der Waals surface area contributed by atoms with Gasteiger partial charge in [0.05, 0.1) is 6.04 Å². The maximum Gasteiger partial charge on any atom is 0.433 e. The van der Waals surface area contributed by atoms with Crippen LogP contribution in [-0.4, -0.2) is 16.5 Å². The summed E-state index contributed by atoms with van der Waals surface area (Å²) in [6.07, 6.45) is -2.66. The molecule has 0 aliphatic carbocycles. The fraction of sp³-hybridized carbons (Fsp3) is 0.600. The third-order valence-electron chi connectivity index (χ3n) is 2.53. The summed E-state index contributed by atoms with van der Waals surface area (Å²) in [6.45, 7) is 2.36. The number of aryl methyl sites for hydroxylation is 1. The fourth-order valence-electron chi connectivity index (χ4n) is 1.80. The zero-order valence-corrected chi connectivity index (χ0v) is 8.80. The summed E-state index contributed by atoms with van der Waals surface area (Å²) in [4.78, 5) is 7.64. The van der Waals surface area contributed by atoms with E-state index in [1.807, 2.05) is 0 Å². The molecule has 0 bridgehead atoms. The first-order chi connectivity index (χ1) is 7.47. The lowest BCUT2D eigenvalue weighted by molar-refractivity contribution is -0.141. The minimum absolute atomic E-state index is 0.138. The summed E-state index contributed by atoms with van der Waals surface area (Å²) >= 11 is 0. The highest BCUT2D eigenvalue weighted by atomic mass is 19.4. The van der Waals surface area contributed by atoms with E-state index in [4.69, 9.17) is 0 Å². The molecule has 0 amide bonds. The lowest BCUT2D eigenvalue weighted by atomic mass is 10.2. The van der Waals surface area contributed by atoms with E-state index in [-0.39, 0.29) is 11.9 Å². The van der Waals surface area contributed by atoms with Gasteiger partial charge in [-0.1, -0.05) is 0 Å². The van der Waals surface area contributed by atoms with E-state index in [0.717, 1.165) is 25.5 Å². The normalized spacial score (nSPS) is 21.4. The van der Waals surface area contributed by atoms with Gasteiger partial charge in [0.2, 0.25) is 0 Å². The Hall–Kier alpha value is -1.17. The van der Waals surface area contributed by atoms with Gasteiger partial charge in [-0.15, -0.1) is 0 Å². The quantitative estimate of drug-likeness (QED) is 0.805. The lowest BCUT2D eigenvalue weighted by Crippen LogP contribution is -2.19. The van der Waals surface area contributed by atoms with Gasteiger partial charge in [-0.2, -0.15) is 13.2 Å². The molecule has 0 saturated carbocycles. The van der Waals surface area contributed by atoms with E-state index in [0.29, 0.717) is 5.69 Å². The fourth-order valence-corrected chi connectivity index (χ4v) is 1.80. The van der Waals surface area contributed by atoms with Gasteiger partial charge in [-0.05, 0) is 32.4 Å². The van der Waals surface area contributed by atoms with Crippen LogP contribution in [0.4, 0.5) is 13.2 Å². The molecule has 1 atom stereocenters. The molecule has 88 valence electrons. The summed E-state index contributed by atoms with van der Waals surface area (Å²) < 4.78 is 37.6. The summed E-state index contributed by atoms with van der Waals surface area (Å²) in [5.41, 5.74) is -0.505. The predicted octanol–water partition coefficient (Wildman–Crippen LogP) is 2.23. The van der Waals surface area contributed by atoms with Crippen LogP contribution in [0, 0.1) is 6.92 Å². The van der Waals surface area contributed by atoms with E-state index >= 15 is 0 Å². The van der Waals surface area contributed by atoms with Gasteiger partial charge >= 0.3 is 6.18 Å².